The van der Waals surface area contributed by atoms with Crippen LogP contribution in [0, 0.1) is 0 Å². The van der Waals surface area contributed by atoms with Crippen LogP contribution in [-0.4, -0.2) is 43.9 Å². The van der Waals surface area contributed by atoms with Crippen LogP contribution in [0.15, 0.2) is 51.7 Å². The lowest BCUT2D eigenvalue weighted by Gasteiger charge is -2.09. The fourth-order valence-electron chi connectivity index (χ4n) is 2.05. The highest BCUT2D eigenvalue weighted by Crippen LogP contribution is 2.22. The molecular weight excluding hydrogens is 356 g/mol. The minimum absolute atomic E-state index is 0.00975. The predicted molar refractivity (Wildman–Crippen MR) is 102 cm³/mol. The molecule has 0 aliphatic heterocycles. The summed E-state index contributed by atoms with van der Waals surface area (Å²) in [6, 6.07) is 8.53. The molecule has 0 unspecified atom stereocenters. The average molecular weight is 378 g/mol. The fourth-order valence-corrected chi connectivity index (χ4v) is 2.68. The maximum absolute atomic E-state index is 11.5. The molecule has 0 aliphatic rings. The second-order valence-electron chi connectivity index (χ2n) is 5.42. The first kappa shape index (κ1) is 20.2. The maximum Gasteiger partial charge on any atom is 0.339 e. The third kappa shape index (κ3) is 6.67. The number of rotatable bonds is 11. The number of para-hydroxylation sites is 1. The van der Waals surface area contributed by atoms with Crippen molar-refractivity contribution in [2.75, 3.05) is 38.8 Å². The van der Waals surface area contributed by atoms with E-state index in [1.165, 1.54) is 17.8 Å². The van der Waals surface area contributed by atoms with Gasteiger partial charge in [-0.1, -0.05) is 30.5 Å². The molecule has 26 heavy (non-hydrogen) atoms. The summed E-state index contributed by atoms with van der Waals surface area (Å²) in [5, 5.41) is 0.738. The lowest BCUT2D eigenvalue weighted by Crippen LogP contribution is -2.12. The van der Waals surface area contributed by atoms with Gasteiger partial charge >= 0.3 is 5.63 Å². The predicted octanol–water partition coefficient (Wildman–Crippen LogP) is 3.04. The van der Waals surface area contributed by atoms with Crippen molar-refractivity contribution < 1.29 is 23.4 Å². The molecule has 0 bridgehead atoms. The first-order valence-electron chi connectivity index (χ1n) is 8.22. The molecule has 6 nitrogen and oxygen atoms in total. The van der Waals surface area contributed by atoms with E-state index in [1.54, 1.807) is 19.1 Å². The van der Waals surface area contributed by atoms with Crippen LogP contribution >= 0.6 is 11.8 Å². The van der Waals surface area contributed by atoms with Crippen molar-refractivity contribution in [3.05, 3.63) is 52.9 Å². The Bertz CT molecular complexity index is 798. The Morgan fingerprint density at radius 3 is 2.58 bits per heavy atom. The fraction of sp³-hybridized carbons (Fsp3) is 0.368. The van der Waals surface area contributed by atoms with Crippen molar-refractivity contribution in [1.29, 1.82) is 0 Å². The van der Waals surface area contributed by atoms with Crippen LogP contribution in [0.25, 0.3) is 11.0 Å². The molecule has 2 aromatic rings. The molecule has 0 spiro atoms. The summed E-state index contributed by atoms with van der Waals surface area (Å²) in [6.45, 7) is 7.33. The summed E-state index contributed by atoms with van der Waals surface area (Å²) >= 11 is 1.20. The molecule has 0 aliphatic carbocycles. The van der Waals surface area contributed by atoms with E-state index in [4.69, 9.17) is 18.6 Å². The van der Waals surface area contributed by atoms with Crippen molar-refractivity contribution in [2.24, 2.45) is 0 Å². The zero-order chi connectivity index (χ0) is 18.8. The molecule has 0 saturated heterocycles. The third-order valence-corrected chi connectivity index (χ3v) is 4.26. The number of ether oxygens (including phenoxy) is 3. The Hall–Kier alpha value is -2.09. The summed E-state index contributed by atoms with van der Waals surface area (Å²) in [5.74, 6) is 1.08. The van der Waals surface area contributed by atoms with Crippen molar-refractivity contribution in [3.8, 4) is 5.75 Å². The van der Waals surface area contributed by atoms with Gasteiger partial charge < -0.3 is 18.6 Å². The maximum atomic E-state index is 11.5. The van der Waals surface area contributed by atoms with Gasteiger partial charge in [0.05, 0.1) is 37.9 Å². The zero-order valence-electron chi connectivity index (χ0n) is 14.7. The van der Waals surface area contributed by atoms with E-state index < -0.39 is 5.63 Å². The number of thioether (sulfide) groups is 1. The molecule has 0 amide bonds. The van der Waals surface area contributed by atoms with Crippen LogP contribution < -0.4 is 10.4 Å². The van der Waals surface area contributed by atoms with Crippen LogP contribution in [-0.2, 0) is 14.3 Å². The zero-order valence-corrected chi connectivity index (χ0v) is 15.5. The van der Waals surface area contributed by atoms with Gasteiger partial charge in [0.15, 0.2) is 0 Å². The molecule has 140 valence electrons. The van der Waals surface area contributed by atoms with Crippen LogP contribution in [0.3, 0.4) is 0 Å². The quantitative estimate of drug-likeness (QED) is 0.338. The van der Waals surface area contributed by atoms with Crippen molar-refractivity contribution in [3.63, 3.8) is 0 Å². The Kier molecular flexibility index (Phi) is 8.40. The molecule has 1 aromatic heterocycles. The lowest BCUT2D eigenvalue weighted by molar-refractivity contribution is -0.107. The standard InChI is InChI=1S/C19H22O6S/c1-14(2)19(21)26-12-11-23-8-7-22-9-10-24-17-13-18(20)25-16-6-4-3-5-15(16)17/h3-6,13H,1,7-12H2,2H3. The smallest absolute Gasteiger partial charge is 0.339 e. The van der Waals surface area contributed by atoms with E-state index in [9.17, 15) is 9.59 Å². The lowest BCUT2D eigenvalue weighted by atomic mass is 10.2. The van der Waals surface area contributed by atoms with Gasteiger partial charge in [-0.15, -0.1) is 0 Å². The number of hydrogen-bond donors (Lipinski definition) is 0. The molecule has 1 heterocycles. The number of benzene rings is 1. The first-order chi connectivity index (χ1) is 12.6. The SMILES string of the molecule is C=C(C)C(=O)SCCOCCOCCOc1cc(=O)oc2ccccc12. The number of carbonyl (C=O) groups excluding carboxylic acids is 1. The van der Waals surface area contributed by atoms with Crippen LogP contribution in [0.2, 0.25) is 0 Å². The summed E-state index contributed by atoms with van der Waals surface area (Å²) < 4.78 is 21.5. The minimum atomic E-state index is -0.448. The van der Waals surface area contributed by atoms with Crippen LogP contribution in [0.4, 0.5) is 0 Å². The number of carbonyl (C=O) groups is 1. The van der Waals surface area contributed by atoms with Gasteiger partial charge in [-0.3, -0.25) is 4.79 Å². The Balaban J connectivity index is 1.58. The highest BCUT2D eigenvalue weighted by Gasteiger charge is 2.06. The summed E-state index contributed by atoms with van der Waals surface area (Å²) in [4.78, 5) is 22.8. The van der Waals surface area contributed by atoms with Gasteiger partial charge in [-0.05, 0) is 24.6 Å². The largest absolute Gasteiger partial charge is 0.490 e. The Labute approximate surface area is 156 Å². The number of fused-ring (bicyclic) bond motifs is 1. The Morgan fingerprint density at radius 1 is 1.12 bits per heavy atom. The molecule has 0 saturated carbocycles. The minimum Gasteiger partial charge on any atom is -0.490 e. The van der Waals surface area contributed by atoms with E-state index >= 15 is 0 Å². The molecule has 7 heteroatoms. The van der Waals surface area contributed by atoms with Gasteiger partial charge in [0.25, 0.3) is 0 Å². The highest BCUT2D eigenvalue weighted by atomic mass is 32.2. The molecule has 0 radical (unpaired) electrons. The third-order valence-electron chi connectivity index (χ3n) is 3.28. The van der Waals surface area contributed by atoms with Crippen molar-refractivity contribution in [2.45, 2.75) is 6.92 Å². The second-order valence-corrected chi connectivity index (χ2v) is 6.48. The molecule has 0 fully saturated rings. The van der Waals surface area contributed by atoms with E-state index in [2.05, 4.69) is 6.58 Å². The second kappa shape index (κ2) is 10.8. The van der Waals surface area contributed by atoms with E-state index in [1.807, 2.05) is 12.1 Å². The van der Waals surface area contributed by atoms with Gasteiger partial charge in [-0.2, -0.15) is 0 Å². The number of hydrogen-bond acceptors (Lipinski definition) is 7. The molecule has 2 rings (SSSR count). The van der Waals surface area contributed by atoms with Gasteiger partial charge in [0, 0.05) is 5.75 Å². The van der Waals surface area contributed by atoms with Crippen molar-refractivity contribution >= 4 is 27.8 Å². The van der Waals surface area contributed by atoms with Crippen LogP contribution in [0.5, 0.6) is 5.75 Å². The van der Waals surface area contributed by atoms with E-state index in [-0.39, 0.29) is 5.12 Å². The highest BCUT2D eigenvalue weighted by molar-refractivity contribution is 8.14. The first-order valence-corrected chi connectivity index (χ1v) is 9.20. The molecule has 0 atom stereocenters. The molecule has 1 aromatic carbocycles. The molecule has 0 N–H and O–H groups in total. The van der Waals surface area contributed by atoms with Gasteiger partial charge in [-0.25, -0.2) is 4.79 Å². The van der Waals surface area contributed by atoms with Gasteiger partial charge in [0.1, 0.15) is 17.9 Å². The normalized spacial score (nSPS) is 10.8. The van der Waals surface area contributed by atoms with Crippen LogP contribution in [0.1, 0.15) is 6.92 Å². The monoisotopic (exact) mass is 378 g/mol. The molecular formula is C19H22O6S. The van der Waals surface area contributed by atoms with E-state index in [0.29, 0.717) is 55.7 Å². The average Bonchev–Trinajstić information content (AvgIpc) is 2.62. The summed E-state index contributed by atoms with van der Waals surface area (Å²) in [5.41, 5.74) is 0.589. The van der Waals surface area contributed by atoms with Crippen molar-refractivity contribution in [1.82, 2.24) is 0 Å². The Morgan fingerprint density at radius 2 is 1.81 bits per heavy atom. The van der Waals surface area contributed by atoms with Gasteiger partial charge in [0.2, 0.25) is 5.12 Å². The van der Waals surface area contributed by atoms with E-state index in [0.717, 1.165) is 5.39 Å². The topological polar surface area (TPSA) is 75.0 Å². The summed E-state index contributed by atoms with van der Waals surface area (Å²) in [7, 11) is 0. The summed E-state index contributed by atoms with van der Waals surface area (Å²) in [6.07, 6.45) is 0.